The van der Waals surface area contributed by atoms with Gasteiger partial charge in [0.15, 0.2) is 5.75 Å². The summed E-state index contributed by atoms with van der Waals surface area (Å²) in [7, 11) is 5.77. The standard InChI is InChI=1S/C13H21N3O3/c1-14-10-11-5-6-13(12(9-11)16(17)18)19-8-4-7-15(2)3/h5-6,9,14H,4,7-8,10H2,1-3H3. The van der Waals surface area contributed by atoms with Crippen LogP contribution in [-0.2, 0) is 6.54 Å². The molecule has 0 aliphatic carbocycles. The number of rotatable bonds is 8. The highest BCUT2D eigenvalue weighted by atomic mass is 16.6. The average Bonchev–Trinajstić information content (AvgIpc) is 2.35. The third-order valence-electron chi connectivity index (χ3n) is 2.61. The number of nitrogens with one attached hydrogen (secondary N) is 1. The maximum atomic E-state index is 11.0. The number of ether oxygens (including phenoxy) is 1. The number of benzene rings is 1. The Hall–Kier alpha value is -1.66. The van der Waals surface area contributed by atoms with Crippen LogP contribution >= 0.6 is 0 Å². The van der Waals surface area contributed by atoms with Crippen molar-refractivity contribution in [2.45, 2.75) is 13.0 Å². The summed E-state index contributed by atoms with van der Waals surface area (Å²) in [4.78, 5) is 12.7. The Bertz CT molecular complexity index is 422. The van der Waals surface area contributed by atoms with Crippen molar-refractivity contribution in [3.05, 3.63) is 33.9 Å². The Kier molecular flexibility index (Phi) is 6.24. The molecule has 0 atom stereocenters. The van der Waals surface area contributed by atoms with Crippen LogP contribution in [0.25, 0.3) is 0 Å². The molecule has 6 heteroatoms. The van der Waals surface area contributed by atoms with E-state index in [1.165, 1.54) is 0 Å². The molecule has 106 valence electrons. The zero-order valence-corrected chi connectivity index (χ0v) is 11.7. The molecule has 0 fully saturated rings. The number of hydrogen-bond donors (Lipinski definition) is 1. The first-order valence-corrected chi connectivity index (χ1v) is 6.24. The quantitative estimate of drug-likeness (QED) is 0.440. The lowest BCUT2D eigenvalue weighted by atomic mass is 10.2. The van der Waals surface area contributed by atoms with Crippen LogP contribution in [0.5, 0.6) is 5.75 Å². The lowest BCUT2D eigenvalue weighted by Gasteiger charge is -2.11. The van der Waals surface area contributed by atoms with Crippen molar-refractivity contribution >= 4 is 5.69 Å². The van der Waals surface area contributed by atoms with Crippen molar-refractivity contribution in [2.24, 2.45) is 0 Å². The molecule has 0 saturated heterocycles. The molecule has 0 radical (unpaired) electrons. The lowest BCUT2D eigenvalue weighted by Crippen LogP contribution is -2.15. The second kappa shape index (κ2) is 7.70. The second-order valence-electron chi connectivity index (χ2n) is 4.59. The topological polar surface area (TPSA) is 67.6 Å². The normalized spacial score (nSPS) is 10.7. The van der Waals surface area contributed by atoms with Crippen LogP contribution in [0.2, 0.25) is 0 Å². The molecule has 19 heavy (non-hydrogen) atoms. The SMILES string of the molecule is CNCc1ccc(OCCCN(C)C)c([N+](=O)[O-])c1. The smallest absolute Gasteiger partial charge is 0.311 e. The summed E-state index contributed by atoms with van der Waals surface area (Å²) in [6.45, 7) is 1.97. The van der Waals surface area contributed by atoms with E-state index in [4.69, 9.17) is 4.74 Å². The van der Waals surface area contributed by atoms with Crippen LogP contribution in [0.4, 0.5) is 5.69 Å². The molecule has 0 aliphatic rings. The molecule has 0 aromatic heterocycles. The minimum atomic E-state index is -0.402. The highest BCUT2D eigenvalue weighted by molar-refractivity contribution is 5.48. The first-order chi connectivity index (χ1) is 9.04. The Labute approximate surface area is 113 Å². The highest BCUT2D eigenvalue weighted by Gasteiger charge is 2.15. The van der Waals surface area contributed by atoms with E-state index < -0.39 is 4.92 Å². The summed E-state index contributed by atoms with van der Waals surface area (Å²) >= 11 is 0. The van der Waals surface area contributed by atoms with E-state index in [0.717, 1.165) is 18.5 Å². The summed E-state index contributed by atoms with van der Waals surface area (Å²) in [5.74, 6) is 0.337. The molecule has 0 heterocycles. The molecule has 0 aliphatic heterocycles. The second-order valence-corrected chi connectivity index (χ2v) is 4.59. The van der Waals surface area contributed by atoms with Gasteiger partial charge in [-0.1, -0.05) is 6.07 Å². The molecule has 0 unspecified atom stereocenters. The van der Waals surface area contributed by atoms with Gasteiger partial charge < -0.3 is 15.0 Å². The molecule has 1 rings (SSSR count). The van der Waals surface area contributed by atoms with Crippen molar-refractivity contribution in [2.75, 3.05) is 34.3 Å². The molecule has 0 spiro atoms. The summed E-state index contributed by atoms with van der Waals surface area (Å²) in [6, 6.07) is 5.06. The maximum absolute atomic E-state index is 11.0. The predicted octanol–water partition coefficient (Wildman–Crippen LogP) is 1.64. The fourth-order valence-corrected chi connectivity index (χ4v) is 1.70. The van der Waals surface area contributed by atoms with Crippen LogP contribution in [0.1, 0.15) is 12.0 Å². The monoisotopic (exact) mass is 267 g/mol. The van der Waals surface area contributed by atoms with Gasteiger partial charge in [0.1, 0.15) is 0 Å². The molecule has 1 aromatic rings. The first-order valence-electron chi connectivity index (χ1n) is 6.24. The minimum Gasteiger partial charge on any atom is -0.487 e. The van der Waals surface area contributed by atoms with Gasteiger partial charge in [-0.3, -0.25) is 10.1 Å². The van der Waals surface area contributed by atoms with Gasteiger partial charge in [0.25, 0.3) is 0 Å². The van der Waals surface area contributed by atoms with E-state index in [0.29, 0.717) is 18.9 Å². The van der Waals surface area contributed by atoms with E-state index in [1.807, 2.05) is 25.1 Å². The molecular formula is C13H21N3O3. The Morgan fingerprint density at radius 3 is 2.74 bits per heavy atom. The van der Waals surface area contributed by atoms with Crippen molar-refractivity contribution in [1.82, 2.24) is 10.2 Å². The number of nitro benzene ring substituents is 1. The van der Waals surface area contributed by atoms with E-state index >= 15 is 0 Å². The van der Waals surface area contributed by atoms with Gasteiger partial charge in [-0.2, -0.15) is 0 Å². The van der Waals surface area contributed by atoms with Crippen molar-refractivity contribution in [1.29, 1.82) is 0 Å². The van der Waals surface area contributed by atoms with Crippen LogP contribution in [0.15, 0.2) is 18.2 Å². The maximum Gasteiger partial charge on any atom is 0.311 e. The van der Waals surface area contributed by atoms with Crippen LogP contribution in [-0.4, -0.2) is 44.1 Å². The summed E-state index contributed by atoms with van der Waals surface area (Å²) in [6.07, 6.45) is 0.836. The van der Waals surface area contributed by atoms with Crippen LogP contribution < -0.4 is 10.1 Å². The molecule has 6 nitrogen and oxygen atoms in total. The van der Waals surface area contributed by atoms with Gasteiger partial charge in [-0.05, 0) is 39.2 Å². The summed E-state index contributed by atoms with van der Waals surface area (Å²) in [5.41, 5.74) is 0.896. The zero-order chi connectivity index (χ0) is 14.3. The number of nitro groups is 1. The van der Waals surface area contributed by atoms with Crippen LogP contribution in [0, 0.1) is 10.1 Å². The average molecular weight is 267 g/mol. The van der Waals surface area contributed by atoms with Gasteiger partial charge >= 0.3 is 5.69 Å². The fourth-order valence-electron chi connectivity index (χ4n) is 1.70. The van der Waals surface area contributed by atoms with Crippen molar-refractivity contribution in [3.8, 4) is 5.75 Å². The molecule has 0 amide bonds. The Morgan fingerprint density at radius 1 is 1.42 bits per heavy atom. The third-order valence-corrected chi connectivity index (χ3v) is 2.61. The van der Waals surface area contributed by atoms with Crippen molar-refractivity contribution < 1.29 is 9.66 Å². The van der Waals surface area contributed by atoms with Gasteiger partial charge in [-0.25, -0.2) is 0 Å². The van der Waals surface area contributed by atoms with Gasteiger partial charge in [0, 0.05) is 19.2 Å². The summed E-state index contributed by atoms with van der Waals surface area (Å²) < 4.78 is 5.49. The Morgan fingerprint density at radius 2 is 2.16 bits per heavy atom. The number of hydrogen-bond acceptors (Lipinski definition) is 5. The number of nitrogens with zero attached hydrogens (tertiary/aromatic N) is 2. The first kappa shape index (κ1) is 15.4. The van der Waals surface area contributed by atoms with Gasteiger partial charge in [-0.15, -0.1) is 0 Å². The largest absolute Gasteiger partial charge is 0.487 e. The lowest BCUT2D eigenvalue weighted by molar-refractivity contribution is -0.385. The molecule has 0 saturated carbocycles. The Balaban J connectivity index is 2.68. The molecule has 1 N–H and O–H groups in total. The van der Waals surface area contributed by atoms with E-state index in [-0.39, 0.29) is 5.69 Å². The minimum absolute atomic E-state index is 0.0256. The van der Waals surface area contributed by atoms with Gasteiger partial charge in [0.05, 0.1) is 11.5 Å². The molecular weight excluding hydrogens is 246 g/mol. The van der Waals surface area contributed by atoms with E-state index in [9.17, 15) is 10.1 Å². The zero-order valence-electron chi connectivity index (χ0n) is 11.7. The molecule has 1 aromatic carbocycles. The predicted molar refractivity (Wildman–Crippen MR) is 74.5 cm³/mol. The third kappa shape index (κ3) is 5.23. The highest BCUT2D eigenvalue weighted by Crippen LogP contribution is 2.28. The summed E-state index contributed by atoms with van der Waals surface area (Å²) in [5, 5.41) is 14.0. The van der Waals surface area contributed by atoms with E-state index in [2.05, 4.69) is 5.32 Å². The van der Waals surface area contributed by atoms with Gasteiger partial charge in [0.2, 0.25) is 0 Å². The fraction of sp³-hybridized carbons (Fsp3) is 0.538. The molecule has 0 bridgehead atoms. The van der Waals surface area contributed by atoms with E-state index in [1.54, 1.807) is 19.2 Å². The van der Waals surface area contributed by atoms with Crippen LogP contribution in [0.3, 0.4) is 0 Å². The van der Waals surface area contributed by atoms with Crippen molar-refractivity contribution in [3.63, 3.8) is 0 Å².